The molecular formula is C16H27N3O4. The van der Waals surface area contributed by atoms with Crippen LogP contribution in [0, 0.1) is 0 Å². The van der Waals surface area contributed by atoms with Crippen molar-refractivity contribution in [2.45, 2.75) is 32.1 Å². The predicted octanol–water partition coefficient (Wildman–Crippen LogP) is 0.0963. The number of rotatable bonds is 6. The average Bonchev–Trinajstić information content (AvgIpc) is 3.10. The molecule has 0 N–H and O–H groups in total. The van der Waals surface area contributed by atoms with Crippen LogP contribution in [0.4, 0.5) is 0 Å². The topological polar surface area (TPSA) is 70.2 Å². The molecule has 0 bridgehead atoms. The van der Waals surface area contributed by atoms with Crippen LogP contribution < -0.4 is 0 Å². The molecule has 2 saturated heterocycles. The van der Waals surface area contributed by atoms with Crippen molar-refractivity contribution in [3.05, 3.63) is 0 Å². The second-order valence-electron chi connectivity index (χ2n) is 6.14. The lowest BCUT2D eigenvalue weighted by Gasteiger charge is -2.35. The van der Waals surface area contributed by atoms with Crippen LogP contribution in [0.15, 0.2) is 0 Å². The fourth-order valence-electron chi connectivity index (χ4n) is 3.09. The highest BCUT2D eigenvalue weighted by Crippen LogP contribution is 2.10. The number of carbonyl (C=O) groups excluding carboxylic acids is 3. The van der Waals surface area contributed by atoms with Crippen molar-refractivity contribution in [2.24, 2.45) is 0 Å². The third-order valence-electron chi connectivity index (χ3n) is 4.60. The Kier molecular flexibility index (Phi) is 6.83. The number of piperazine rings is 1. The molecule has 0 unspecified atom stereocenters. The third-order valence-corrected chi connectivity index (χ3v) is 4.60. The number of hydrogen-bond acceptors (Lipinski definition) is 5. The lowest BCUT2D eigenvalue weighted by Crippen LogP contribution is -2.51. The molecule has 0 atom stereocenters. The SMILES string of the molecule is COC(=O)CCC(=O)N1CCN(C(=O)CCN2CCCC2)CC1. The van der Waals surface area contributed by atoms with Crippen LogP contribution >= 0.6 is 0 Å². The summed E-state index contributed by atoms with van der Waals surface area (Å²) in [4.78, 5) is 41.2. The summed E-state index contributed by atoms with van der Waals surface area (Å²) in [6.45, 7) is 5.33. The normalized spacial score (nSPS) is 19.0. The quantitative estimate of drug-likeness (QED) is 0.648. The Hall–Kier alpha value is -1.63. The molecule has 0 radical (unpaired) electrons. The molecule has 2 aliphatic heterocycles. The van der Waals surface area contributed by atoms with Gasteiger partial charge in [-0.05, 0) is 25.9 Å². The predicted molar refractivity (Wildman–Crippen MR) is 84.7 cm³/mol. The van der Waals surface area contributed by atoms with Gasteiger partial charge in [-0.3, -0.25) is 14.4 Å². The third kappa shape index (κ3) is 5.49. The van der Waals surface area contributed by atoms with Crippen LogP contribution in [-0.2, 0) is 19.1 Å². The van der Waals surface area contributed by atoms with Crippen LogP contribution in [0.1, 0.15) is 32.1 Å². The first-order chi connectivity index (χ1) is 11.1. The van der Waals surface area contributed by atoms with E-state index in [1.807, 2.05) is 4.90 Å². The summed E-state index contributed by atoms with van der Waals surface area (Å²) in [6, 6.07) is 0. The Morgan fingerprint density at radius 2 is 1.30 bits per heavy atom. The molecule has 0 aromatic rings. The summed E-state index contributed by atoms with van der Waals surface area (Å²) in [5, 5.41) is 0. The van der Waals surface area contributed by atoms with E-state index in [2.05, 4.69) is 9.64 Å². The van der Waals surface area contributed by atoms with Gasteiger partial charge in [-0.25, -0.2) is 0 Å². The van der Waals surface area contributed by atoms with E-state index in [-0.39, 0.29) is 30.6 Å². The number of amides is 2. The van der Waals surface area contributed by atoms with Gasteiger partial charge in [-0.2, -0.15) is 0 Å². The Bertz CT molecular complexity index is 427. The fraction of sp³-hybridized carbons (Fsp3) is 0.812. The van der Waals surface area contributed by atoms with Crippen LogP contribution in [0.25, 0.3) is 0 Å². The van der Waals surface area contributed by atoms with E-state index >= 15 is 0 Å². The number of likely N-dealkylation sites (tertiary alicyclic amines) is 1. The average molecular weight is 325 g/mol. The van der Waals surface area contributed by atoms with Crippen molar-refractivity contribution in [1.82, 2.24) is 14.7 Å². The number of esters is 1. The maximum Gasteiger partial charge on any atom is 0.306 e. The largest absolute Gasteiger partial charge is 0.469 e. The molecule has 2 amide bonds. The van der Waals surface area contributed by atoms with Gasteiger partial charge in [0.1, 0.15) is 0 Å². The van der Waals surface area contributed by atoms with Gasteiger partial charge in [0.05, 0.1) is 13.5 Å². The highest BCUT2D eigenvalue weighted by molar-refractivity contribution is 5.82. The molecular weight excluding hydrogens is 298 g/mol. The van der Waals surface area contributed by atoms with Crippen LogP contribution in [-0.4, -0.2) is 85.4 Å². The molecule has 2 rings (SSSR count). The van der Waals surface area contributed by atoms with Gasteiger partial charge < -0.3 is 19.4 Å². The molecule has 23 heavy (non-hydrogen) atoms. The first-order valence-electron chi connectivity index (χ1n) is 8.45. The van der Waals surface area contributed by atoms with Crippen molar-refractivity contribution in [2.75, 3.05) is 52.9 Å². The summed E-state index contributed by atoms with van der Waals surface area (Å²) >= 11 is 0. The molecule has 0 aromatic carbocycles. The van der Waals surface area contributed by atoms with Crippen molar-refractivity contribution in [1.29, 1.82) is 0 Å². The Morgan fingerprint density at radius 3 is 1.83 bits per heavy atom. The van der Waals surface area contributed by atoms with Crippen LogP contribution in [0.5, 0.6) is 0 Å². The van der Waals surface area contributed by atoms with Crippen molar-refractivity contribution in [3.63, 3.8) is 0 Å². The van der Waals surface area contributed by atoms with E-state index in [4.69, 9.17) is 0 Å². The van der Waals surface area contributed by atoms with Gasteiger partial charge in [0, 0.05) is 45.6 Å². The Labute approximate surface area is 137 Å². The molecule has 0 aromatic heterocycles. The van der Waals surface area contributed by atoms with E-state index in [0.717, 1.165) is 19.6 Å². The molecule has 2 fully saturated rings. The summed E-state index contributed by atoms with van der Waals surface area (Å²) in [5.41, 5.74) is 0. The highest BCUT2D eigenvalue weighted by atomic mass is 16.5. The van der Waals surface area contributed by atoms with Gasteiger partial charge in [0.25, 0.3) is 0 Å². The lowest BCUT2D eigenvalue weighted by molar-refractivity contribution is -0.144. The summed E-state index contributed by atoms with van der Waals surface area (Å²) in [5.74, 6) is -0.229. The second-order valence-corrected chi connectivity index (χ2v) is 6.14. The number of nitrogens with zero attached hydrogens (tertiary/aromatic N) is 3. The summed E-state index contributed by atoms with van der Waals surface area (Å²) < 4.78 is 4.54. The molecule has 7 nitrogen and oxygen atoms in total. The van der Waals surface area contributed by atoms with E-state index in [9.17, 15) is 14.4 Å². The van der Waals surface area contributed by atoms with E-state index in [1.165, 1.54) is 20.0 Å². The monoisotopic (exact) mass is 325 g/mol. The molecule has 0 spiro atoms. The van der Waals surface area contributed by atoms with E-state index in [1.54, 1.807) is 4.90 Å². The zero-order chi connectivity index (χ0) is 16.7. The summed E-state index contributed by atoms with van der Waals surface area (Å²) in [7, 11) is 1.32. The van der Waals surface area contributed by atoms with E-state index < -0.39 is 0 Å². The van der Waals surface area contributed by atoms with E-state index in [0.29, 0.717) is 32.6 Å². The maximum atomic E-state index is 12.2. The fourth-order valence-corrected chi connectivity index (χ4v) is 3.09. The van der Waals surface area contributed by atoms with Gasteiger partial charge in [-0.15, -0.1) is 0 Å². The minimum absolute atomic E-state index is 0.0421. The van der Waals surface area contributed by atoms with Crippen molar-refractivity contribution < 1.29 is 19.1 Å². The zero-order valence-corrected chi connectivity index (χ0v) is 14.0. The smallest absolute Gasteiger partial charge is 0.306 e. The standard InChI is InChI=1S/C16H27N3O4/c1-23-16(22)5-4-14(20)18-10-12-19(13-11-18)15(21)6-9-17-7-2-3-8-17/h2-13H2,1H3. The van der Waals surface area contributed by atoms with Gasteiger partial charge in [-0.1, -0.05) is 0 Å². The van der Waals surface area contributed by atoms with Crippen molar-refractivity contribution >= 4 is 17.8 Å². The zero-order valence-electron chi connectivity index (χ0n) is 14.0. The van der Waals surface area contributed by atoms with Crippen molar-refractivity contribution in [3.8, 4) is 0 Å². The molecule has 2 aliphatic rings. The molecule has 7 heteroatoms. The lowest BCUT2D eigenvalue weighted by atomic mass is 10.2. The Balaban J connectivity index is 1.65. The minimum Gasteiger partial charge on any atom is -0.469 e. The van der Waals surface area contributed by atoms with Crippen LogP contribution in [0.3, 0.4) is 0 Å². The van der Waals surface area contributed by atoms with Gasteiger partial charge in [0.2, 0.25) is 11.8 Å². The maximum absolute atomic E-state index is 12.2. The molecule has 0 aliphatic carbocycles. The first-order valence-corrected chi connectivity index (χ1v) is 8.45. The molecule has 130 valence electrons. The number of carbonyl (C=O) groups is 3. The van der Waals surface area contributed by atoms with Gasteiger partial charge >= 0.3 is 5.97 Å². The second kappa shape index (κ2) is 8.86. The number of methoxy groups -OCH3 is 1. The van der Waals surface area contributed by atoms with Gasteiger partial charge in [0.15, 0.2) is 0 Å². The highest BCUT2D eigenvalue weighted by Gasteiger charge is 2.24. The Morgan fingerprint density at radius 1 is 0.783 bits per heavy atom. The summed E-state index contributed by atoms with van der Waals surface area (Å²) in [6.07, 6.45) is 3.33. The van der Waals surface area contributed by atoms with Crippen LogP contribution in [0.2, 0.25) is 0 Å². The number of ether oxygens (including phenoxy) is 1. The minimum atomic E-state index is -0.367. The number of hydrogen-bond donors (Lipinski definition) is 0. The molecule has 0 saturated carbocycles. The molecule has 2 heterocycles. The first kappa shape index (κ1) is 17.7.